The van der Waals surface area contributed by atoms with E-state index < -0.39 is 4.92 Å². The molecule has 0 heterocycles. The minimum atomic E-state index is -0.437. The Kier molecular flexibility index (Phi) is 7.00. The lowest BCUT2D eigenvalue weighted by atomic mass is 9.87. The minimum absolute atomic E-state index is 0.0265. The number of carbonyl (C=O) groups is 1. The molecular formula is C25H25N3O4. The van der Waals surface area contributed by atoms with E-state index in [2.05, 4.69) is 31.3 Å². The van der Waals surface area contributed by atoms with Gasteiger partial charge in [0.2, 0.25) is 0 Å². The molecule has 0 aromatic heterocycles. The van der Waals surface area contributed by atoms with Gasteiger partial charge in [-0.25, -0.2) is 5.43 Å². The van der Waals surface area contributed by atoms with Gasteiger partial charge in [0.15, 0.2) is 0 Å². The first kappa shape index (κ1) is 22.7. The molecule has 164 valence electrons. The number of hydrogen-bond donors (Lipinski definition) is 1. The van der Waals surface area contributed by atoms with Crippen molar-refractivity contribution in [1.29, 1.82) is 0 Å². The lowest BCUT2D eigenvalue weighted by Crippen LogP contribution is -2.18. The zero-order valence-corrected chi connectivity index (χ0v) is 18.2. The number of nitrogens with zero attached hydrogens (tertiary/aromatic N) is 2. The fraction of sp³-hybridized carbons (Fsp3) is 0.200. The van der Waals surface area contributed by atoms with Gasteiger partial charge in [-0.05, 0) is 58.5 Å². The van der Waals surface area contributed by atoms with Crippen molar-refractivity contribution in [1.82, 2.24) is 5.43 Å². The number of nitro benzene ring substituents is 1. The molecule has 1 amide bonds. The largest absolute Gasteiger partial charge is 0.489 e. The molecule has 0 aliphatic carbocycles. The Morgan fingerprint density at radius 1 is 1.06 bits per heavy atom. The van der Waals surface area contributed by atoms with Gasteiger partial charge in [0.1, 0.15) is 12.4 Å². The number of non-ortho nitro benzene ring substituents is 1. The predicted molar refractivity (Wildman–Crippen MR) is 124 cm³/mol. The van der Waals surface area contributed by atoms with Crippen LogP contribution in [0.2, 0.25) is 0 Å². The van der Waals surface area contributed by atoms with Crippen molar-refractivity contribution in [3.05, 3.63) is 105 Å². The molecule has 0 spiro atoms. The second kappa shape index (κ2) is 9.87. The zero-order valence-electron chi connectivity index (χ0n) is 18.2. The Hall–Kier alpha value is -4.00. The molecule has 0 unspecified atom stereocenters. The summed E-state index contributed by atoms with van der Waals surface area (Å²) in [6.45, 7) is 6.64. The summed E-state index contributed by atoms with van der Waals surface area (Å²) in [7, 11) is 0. The van der Waals surface area contributed by atoms with Crippen LogP contribution in [-0.2, 0) is 12.0 Å². The highest BCUT2D eigenvalue weighted by molar-refractivity contribution is 5.94. The van der Waals surface area contributed by atoms with E-state index in [1.54, 1.807) is 42.6 Å². The molecule has 0 saturated heterocycles. The SMILES string of the molecule is CC(C)(C)c1ccc(C(=O)N/N=C\c2cccc(OCc3ccc([N+](=O)[O-])cc3)c2)cc1. The lowest BCUT2D eigenvalue weighted by molar-refractivity contribution is -0.384. The molecule has 0 fully saturated rings. The van der Waals surface area contributed by atoms with Crippen molar-refractivity contribution in [2.75, 3.05) is 0 Å². The lowest BCUT2D eigenvalue weighted by Gasteiger charge is -2.18. The van der Waals surface area contributed by atoms with E-state index in [4.69, 9.17) is 4.74 Å². The first-order chi connectivity index (χ1) is 15.2. The minimum Gasteiger partial charge on any atom is -0.489 e. The molecule has 3 rings (SSSR count). The van der Waals surface area contributed by atoms with Crippen LogP contribution in [0, 0.1) is 10.1 Å². The van der Waals surface area contributed by atoms with Gasteiger partial charge < -0.3 is 4.74 Å². The Balaban J connectivity index is 1.55. The maximum absolute atomic E-state index is 12.3. The number of carbonyl (C=O) groups excluding carboxylic acids is 1. The van der Waals surface area contributed by atoms with Crippen LogP contribution in [0.25, 0.3) is 0 Å². The number of rotatable bonds is 7. The van der Waals surface area contributed by atoms with Gasteiger partial charge in [-0.3, -0.25) is 14.9 Å². The molecule has 0 aliphatic rings. The van der Waals surface area contributed by atoms with E-state index in [0.29, 0.717) is 11.3 Å². The van der Waals surface area contributed by atoms with Crippen LogP contribution >= 0.6 is 0 Å². The number of nitrogens with one attached hydrogen (secondary N) is 1. The highest BCUT2D eigenvalue weighted by Crippen LogP contribution is 2.22. The first-order valence-corrected chi connectivity index (χ1v) is 10.1. The van der Waals surface area contributed by atoms with Gasteiger partial charge in [-0.2, -0.15) is 5.10 Å². The molecule has 0 radical (unpaired) electrons. The Morgan fingerprint density at radius 3 is 2.38 bits per heavy atom. The fourth-order valence-electron chi connectivity index (χ4n) is 2.92. The maximum Gasteiger partial charge on any atom is 0.271 e. The molecule has 0 atom stereocenters. The third-order valence-corrected chi connectivity index (χ3v) is 4.80. The van der Waals surface area contributed by atoms with Gasteiger partial charge in [0.25, 0.3) is 11.6 Å². The summed E-state index contributed by atoms with van der Waals surface area (Å²) in [4.78, 5) is 22.6. The smallest absolute Gasteiger partial charge is 0.271 e. The molecule has 1 N–H and O–H groups in total. The Morgan fingerprint density at radius 2 is 1.75 bits per heavy atom. The van der Waals surface area contributed by atoms with Crippen LogP contribution in [0.4, 0.5) is 5.69 Å². The Labute approximate surface area is 186 Å². The van der Waals surface area contributed by atoms with Crippen LogP contribution in [0.5, 0.6) is 5.75 Å². The molecule has 7 heteroatoms. The first-order valence-electron chi connectivity index (χ1n) is 10.1. The molecule has 0 aliphatic heterocycles. The number of amides is 1. The number of benzene rings is 3. The monoisotopic (exact) mass is 431 g/mol. The highest BCUT2D eigenvalue weighted by atomic mass is 16.6. The molecule has 0 saturated carbocycles. The van der Waals surface area contributed by atoms with E-state index in [1.807, 2.05) is 24.3 Å². The van der Waals surface area contributed by atoms with Crippen LogP contribution in [0.3, 0.4) is 0 Å². The zero-order chi connectivity index (χ0) is 23.1. The predicted octanol–water partition coefficient (Wildman–Crippen LogP) is 5.24. The van der Waals surface area contributed by atoms with E-state index >= 15 is 0 Å². The average molecular weight is 431 g/mol. The van der Waals surface area contributed by atoms with Crippen LogP contribution in [0.15, 0.2) is 77.9 Å². The summed E-state index contributed by atoms with van der Waals surface area (Å²) in [5.74, 6) is 0.337. The van der Waals surface area contributed by atoms with E-state index in [1.165, 1.54) is 12.1 Å². The third kappa shape index (κ3) is 6.25. The Bertz CT molecular complexity index is 1120. The summed E-state index contributed by atoms with van der Waals surface area (Å²) in [5, 5.41) is 14.8. The second-order valence-electron chi connectivity index (χ2n) is 8.31. The van der Waals surface area contributed by atoms with Crippen molar-refractivity contribution in [2.45, 2.75) is 32.8 Å². The molecule has 3 aromatic carbocycles. The number of nitro groups is 1. The van der Waals surface area contributed by atoms with Gasteiger partial charge >= 0.3 is 0 Å². The summed E-state index contributed by atoms with van der Waals surface area (Å²) >= 11 is 0. The van der Waals surface area contributed by atoms with Crippen LogP contribution < -0.4 is 10.2 Å². The standard InChI is InChI=1S/C25H25N3O4/c1-25(2,3)21-11-9-20(10-12-21)24(29)27-26-16-19-5-4-6-23(15-19)32-17-18-7-13-22(14-8-18)28(30)31/h4-16H,17H2,1-3H3,(H,27,29)/b26-16-. The molecular weight excluding hydrogens is 406 g/mol. The maximum atomic E-state index is 12.3. The summed E-state index contributed by atoms with van der Waals surface area (Å²) in [5.41, 5.74) is 5.87. The van der Waals surface area contributed by atoms with Gasteiger partial charge in [-0.1, -0.05) is 45.0 Å². The third-order valence-electron chi connectivity index (χ3n) is 4.80. The quantitative estimate of drug-likeness (QED) is 0.315. The average Bonchev–Trinajstić information content (AvgIpc) is 2.77. The van der Waals surface area contributed by atoms with E-state index in [9.17, 15) is 14.9 Å². The fourth-order valence-corrected chi connectivity index (χ4v) is 2.92. The number of hydrogen-bond acceptors (Lipinski definition) is 5. The second-order valence-corrected chi connectivity index (χ2v) is 8.31. The van der Waals surface area contributed by atoms with Crippen LogP contribution in [0.1, 0.15) is 47.8 Å². The van der Waals surface area contributed by atoms with Crippen molar-refractivity contribution >= 4 is 17.8 Å². The van der Waals surface area contributed by atoms with Crippen molar-refractivity contribution in [2.24, 2.45) is 5.10 Å². The summed E-state index contributed by atoms with van der Waals surface area (Å²) < 4.78 is 5.75. The summed E-state index contributed by atoms with van der Waals surface area (Å²) in [6, 6.07) is 20.9. The number of ether oxygens (including phenoxy) is 1. The van der Waals surface area contributed by atoms with Gasteiger partial charge in [0, 0.05) is 17.7 Å². The highest BCUT2D eigenvalue weighted by Gasteiger charge is 2.14. The molecule has 32 heavy (non-hydrogen) atoms. The topological polar surface area (TPSA) is 93.8 Å². The van der Waals surface area contributed by atoms with Crippen molar-refractivity contribution in [3.8, 4) is 5.75 Å². The van der Waals surface area contributed by atoms with E-state index in [-0.39, 0.29) is 23.6 Å². The number of hydrazone groups is 1. The normalized spacial score (nSPS) is 11.3. The molecule has 3 aromatic rings. The summed E-state index contributed by atoms with van der Waals surface area (Å²) in [6.07, 6.45) is 1.54. The van der Waals surface area contributed by atoms with Gasteiger partial charge in [-0.15, -0.1) is 0 Å². The van der Waals surface area contributed by atoms with Crippen LogP contribution in [-0.4, -0.2) is 17.0 Å². The van der Waals surface area contributed by atoms with Crippen molar-refractivity contribution in [3.63, 3.8) is 0 Å². The van der Waals surface area contributed by atoms with Crippen molar-refractivity contribution < 1.29 is 14.5 Å². The van der Waals surface area contributed by atoms with E-state index in [0.717, 1.165) is 16.7 Å². The molecule has 0 bridgehead atoms. The molecule has 7 nitrogen and oxygen atoms in total. The van der Waals surface area contributed by atoms with Gasteiger partial charge in [0.05, 0.1) is 11.1 Å².